The second-order valence-corrected chi connectivity index (χ2v) is 11.8. The standard InChI is InChI=1S/C27H34ClN7O2S/c1-17-24(29)27(16-37-17)8-13-35(14-9-27)22-15-32-26(25(30)33-22)38-21-5-10-31-20(23(21)28)4-3-19-6-11-34(12-7-19)18(2)36/h5,10,15,17,19,24H,6-9,11-14,16,29H2,1-2H3,(H2,30,33)/t17-,24+/m0/s1. The summed E-state index contributed by atoms with van der Waals surface area (Å²) in [4.78, 5) is 30.0. The van der Waals surface area contributed by atoms with Crippen molar-refractivity contribution < 1.29 is 9.53 Å². The van der Waals surface area contributed by atoms with Crippen molar-refractivity contribution in [3.63, 3.8) is 0 Å². The third-order valence-electron chi connectivity index (χ3n) is 8.08. The Kier molecular flexibility index (Phi) is 8.00. The molecule has 0 aromatic carbocycles. The second kappa shape index (κ2) is 11.3. The first kappa shape index (κ1) is 27.0. The van der Waals surface area contributed by atoms with Crippen LogP contribution in [0.4, 0.5) is 11.6 Å². The number of piperidine rings is 2. The lowest BCUT2D eigenvalue weighted by Crippen LogP contribution is -2.50. The summed E-state index contributed by atoms with van der Waals surface area (Å²) < 4.78 is 5.84. The van der Waals surface area contributed by atoms with Gasteiger partial charge in [0.1, 0.15) is 16.5 Å². The number of aromatic nitrogens is 3. The van der Waals surface area contributed by atoms with Gasteiger partial charge in [-0.15, -0.1) is 0 Å². The van der Waals surface area contributed by atoms with E-state index in [1.165, 1.54) is 11.8 Å². The highest BCUT2D eigenvalue weighted by Crippen LogP contribution is 2.42. The number of hydrogen-bond acceptors (Lipinski definition) is 9. The Labute approximate surface area is 233 Å². The second-order valence-electron chi connectivity index (χ2n) is 10.4. The lowest BCUT2D eigenvalue weighted by Gasteiger charge is -2.41. The van der Waals surface area contributed by atoms with E-state index in [9.17, 15) is 4.79 Å². The predicted octanol–water partition coefficient (Wildman–Crippen LogP) is 3.20. The van der Waals surface area contributed by atoms with Gasteiger partial charge in [0, 0.05) is 61.6 Å². The minimum atomic E-state index is 0.0509. The zero-order chi connectivity index (χ0) is 26.9. The summed E-state index contributed by atoms with van der Waals surface area (Å²) in [6, 6.07) is 1.90. The number of halogens is 1. The quantitative estimate of drug-likeness (QED) is 0.549. The SMILES string of the molecule is CC(=O)N1CCC(C#Cc2nccc(Sc3ncc(N4CCC5(CC4)CO[C@@H](C)[C@H]5N)nc3N)c2Cl)CC1. The van der Waals surface area contributed by atoms with Crippen molar-refractivity contribution in [2.45, 2.75) is 61.6 Å². The number of amides is 1. The minimum absolute atomic E-state index is 0.0509. The third-order valence-corrected chi connectivity index (χ3v) is 9.64. The van der Waals surface area contributed by atoms with Crippen LogP contribution in [0.5, 0.6) is 0 Å². The summed E-state index contributed by atoms with van der Waals surface area (Å²) >= 11 is 8.03. The lowest BCUT2D eigenvalue weighted by molar-refractivity contribution is -0.129. The average molecular weight is 556 g/mol. The maximum Gasteiger partial charge on any atom is 0.219 e. The highest BCUT2D eigenvalue weighted by Gasteiger charge is 2.47. The largest absolute Gasteiger partial charge is 0.381 e. The number of likely N-dealkylation sites (tertiary alicyclic amines) is 1. The summed E-state index contributed by atoms with van der Waals surface area (Å²) in [6.45, 7) is 7.55. The summed E-state index contributed by atoms with van der Waals surface area (Å²) in [5, 5.41) is 1.06. The van der Waals surface area contributed by atoms with Crippen molar-refractivity contribution >= 4 is 40.9 Å². The van der Waals surface area contributed by atoms with Gasteiger partial charge in [0.05, 0.1) is 23.9 Å². The topological polar surface area (TPSA) is 123 Å². The molecule has 0 aliphatic carbocycles. The van der Waals surface area contributed by atoms with Gasteiger partial charge in [-0.3, -0.25) is 4.79 Å². The minimum Gasteiger partial charge on any atom is -0.381 e. The molecule has 1 amide bonds. The Morgan fingerprint density at radius 2 is 1.97 bits per heavy atom. The Hall–Kier alpha value is -2.58. The maximum atomic E-state index is 11.5. The Morgan fingerprint density at radius 3 is 2.61 bits per heavy atom. The van der Waals surface area contributed by atoms with Gasteiger partial charge >= 0.3 is 0 Å². The van der Waals surface area contributed by atoms with Crippen molar-refractivity contribution in [2.75, 3.05) is 43.4 Å². The van der Waals surface area contributed by atoms with Gasteiger partial charge in [0.15, 0.2) is 5.82 Å². The van der Waals surface area contributed by atoms with Crippen LogP contribution in [0.15, 0.2) is 28.4 Å². The molecule has 5 heterocycles. The first-order chi connectivity index (χ1) is 18.3. The fourth-order valence-electron chi connectivity index (χ4n) is 5.47. The zero-order valence-corrected chi connectivity index (χ0v) is 23.4. The molecule has 11 heteroatoms. The molecule has 0 unspecified atom stereocenters. The van der Waals surface area contributed by atoms with Crippen molar-refractivity contribution in [1.29, 1.82) is 0 Å². The van der Waals surface area contributed by atoms with E-state index in [1.807, 2.05) is 11.0 Å². The molecule has 0 saturated carbocycles. The van der Waals surface area contributed by atoms with E-state index in [-0.39, 0.29) is 29.4 Å². The highest BCUT2D eigenvalue weighted by atomic mass is 35.5. The van der Waals surface area contributed by atoms with E-state index in [2.05, 4.69) is 38.6 Å². The molecule has 2 atom stereocenters. The Morgan fingerprint density at radius 1 is 1.24 bits per heavy atom. The number of carbonyl (C=O) groups excluding carboxylic acids is 1. The van der Waals surface area contributed by atoms with Crippen LogP contribution in [-0.2, 0) is 9.53 Å². The number of nitrogens with two attached hydrogens (primary N) is 2. The van der Waals surface area contributed by atoms with Crippen LogP contribution >= 0.6 is 23.4 Å². The molecule has 0 radical (unpaired) electrons. The molecular weight excluding hydrogens is 522 g/mol. The summed E-state index contributed by atoms with van der Waals surface area (Å²) in [5.41, 5.74) is 13.4. The van der Waals surface area contributed by atoms with E-state index in [4.69, 9.17) is 27.8 Å². The molecule has 1 spiro atoms. The maximum absolute atomic E-state index is 11.5. The van der Waals surface area contributed by atoms with Gasteiger partial charge in [-0.2, -0.15) is 0 Å². The van der Waals surface area contributed by atoms with E-state index in [1.54, 1.807) is 19.3 Å². The monoisotopic (exact) mass is 555 g/mol. The molecule has 202 valence electrons. The highest BCUT2D eigenvalue weighted by molar-refractivity contribution is 7.99. The predicted molar refractivity (Wildman–Crippen MR) is 149 cm³/mol. The molecule has 5 rings (SSSR count). The van der Waals surface area contributed by atoms with E-state index >= 15 is 0 Å². The van der Waals surface area contributed by atoms with Crippen LogP contribution in [0.2, 0.25) is 5.02 Å². The molecule has 2 aromatic heterocycles. The molecule has 38 heavy (non-hydrogen) atoms. The van der Waals surface area contributed by atoms with E-state index in [0.717, 1.165) is 69.2 Å². The van der Waals surface area contributed by atoms with Gasteiger partial charge in [-0.1, -0.05) is 29.3 Å². The number of nitrogens with zero attached hydrogens (tertiary/aromatic N) is 5. The number of anilines is 2. The van der Waals surface area contributed by atoms with Gasteiger partial charge in [-0.05, 0) is 44.6 Å². The van der Waals surface area contributed by atoms with Crippen LogP contribution in [0.3, 0.4) is 0 Å². The van der Waals surface area contributed by atoms with E-state index < -0.39 is 0 Å². The Bertz CT molecular complexity index is 1250. The number of carbonyl (C=O) groups is 1. The van der Waals surface area contributed by atoms with Gasteiger partial charge < -0.3 is 26.0 Å². The van der Waals surface area contributed by atoms with Crippen LogP contribution < -0.4 is 16.4 Å². The number of hydrogen-bond donors (Lipinski definition) is 2. The lowest BCUT2D eigenvalue weighted by atomic mass is 9.73. The third kappa shape index (κ3) is 5.57. The first-order valence-electron chi connectivity index (χ1n) is 13.1. The molecule has 3 fully saturated rings. The summed E-state index contributed by atoms with van der Waals surface area (Å²) in [6.07, 6.45) is 7.20. The molecular formula is C27H34ClN7O2S. The first-order valence-corrected chi connectivity index (χ1v) is 14.3. The number of ether oxygens (including phenoxy) is 1. The molecule has 3 aliphatic heterocycles. The van der Waals surface area contributed by atoms with Crippen molar-refractivity contribution in [2.24, 2.45) is 17.1 Å². The molecule has 4 N–H and O–H groups in total. The zero-order valence-electron chi connectivity index (χ0n) is 21.8. The van der Waals surface area contributed by atoms with Crippen LogP contribution in [-0.4, -0.2) is 70.7 Å². The van der Waals surface area contributed by atoms with Gasteiger partial charge in [-0.25, -0.2) is 15.0 Å². The molecule has 2 aromatic rings. The summed E-state index contributed by atoms with van der Waals surface area (Å²) in [7, 11) is 0. The molecule has 3 aliphatic rings. The smallest absolute Gasteiger partial charge is 0.219 e. The normalized spacial score (nSPS) is 23.4. The van der Waals surface area contributed by atoms with Crippen molar-refractivity contribution in [3.05, 3.63) is 29.2 Å². The van der Waals surface area contributed by atoms with Crippen LogP contribution in [0.1, 0.15) is 45.2 Å². The van der Waals surface area contributed by atoms with Gasteiger partial charge in [0.25, 0.3) is 0 Å². The summed E-state index contributed by atoms with van der Waals surface area (Å²) in [5.74, 6) is 7.90. The fourth-order valence-corrected chi connectivity index (χ4v) is 6.53. The average Bonchev–Trinajstić information content (AvgIpc) is 3.19. The van der Waals surface area contributed by atoms with Crippen molar-refractivity contribution in [3.8, 4) is 11.8 Å². The van der Waals surface area contributed by atoms with Crippen LogP contribution in [0, 0.1) is 23.2 Å². The van der Waals surface area contributed by atoms with Crippen LogP contribution in [0.25, 0.3) is 0 Å². The van der Waals surface area contributed by atoms with Gasteiger partial charge in [0.2, 0.25) is 5.91 Å². The number of pyridine rings is 1. The number of rotatable bonds is 3. The number of nitrogen functional groups attached to an aromatic ring is 1. The Balaban J connectivity index is 1.23. The molecule has 9 nitrogen and oxygen atoms in total. The van der Waals surface area contributed by atoms with Crippen molar-refractivity contribution in [1.82, 2.24) is 19.9 Å². The van der Waals surface area contributed by atoms with E-state index in [0.29, 0.717) is 21.6 Å². The molecule has 3 saturated heterocycles. The molecule has 0 bridgehead atoms. The fraction of sp³-hybridized carbons (Fsp3) is 0.556.